The van der Waals surface area contributed by atoms with Gasteiger partial charge in [0.05, 0.1) is 16.9 Å². The standard InChI is InChI=1S/C19H20N4O3/c1-12-9-21-16(8-15(12)23-13(2)6-5-7-17(23)24)22-11-20-10-14(18(22)25)19(3,4)26/h5-11,26H,1-4H3. The lowest BCUT2D eigenvalue weighted by Crippen LogP contribution is -2.32. The Hall–Kier alpha value is -3.06. The highest BCUT2D eigenvalue weighted by Crippen LogP contribution is 2.18. The van der Waals surface area contributed by atoms with Crippen LogP contribution in [-0.4, -0.2) is 24.2 Å². The number of rotatable bonds is 3. The lowest BCUT2D eigenvalue weighted by Gasteiger charge is -2.18. The van der Waals surface area contributed by atoms with Gasteiger partial charge >= 0.3 is 0 Å². The third kappa shape index (κ3) is 3.09. The molecule has 0 aromatic carbocycles. The van der Waals surface area contributed by atoms with Gasteiger partial charge in [0.15, 0.2) is 0 Å². The van der Waals surface area contributed by atoms with Crippen molar-refractivity contribution in [2.45, 2.75) is 33.3 Å². The zero-order chi connectivity index (χ0) is 19.1. The van der Waals surface area contributed by atoms with E-state index in [1.165, 1.54) is 37.0 Å². The van der Waals surface area contributed by atoms with Gasteiger partial charge in [-0.1, -0.05) is 6.07 Å². The van der Waals surface area contributed by atoms with Gasteiger partial charge in [0.1, 0.15) is 12.1 Å². The van der Waals surface area contributed by atoms with Crippen molar-refractivity contribution in [3.8, 4) is 11.5 Å². The minimum atomic E-state index is -1.33. The minimum Gasteiger partial charge on any atom is -0.385 e. The molecule has 3 rings (SSSR count). The van der Waals surface area contributed by atoms with Crippen LogP contribution in [0, 0.1) is 13.8 Å². The van der Waals surface area contributed by atoms with Crippen LogP contribution in [0.25, 0.3) is 11.5 Å². The van der Waals surface area contributed by atoms with Gasteiger partial charge < -0.3 is 5.11 Å². The van der Waals surface area contributed by atoms with Crippen molar-refractivity contribution < 1.29 is 5.11 Å². The van der Waals surface area contributed by atoms with E-state index in [1.54, 1.807) is 22.9 Å². The highest BCUT2D eigenvalue weighted by Gasteiger charge is 2.22. The smallest absolute Gasteiger partial charge is 0.265 e. The van der Waals surface area contributed by atoms with Crippen LogP contribution in [-0.2, 0) is 5.60 Å². The van der Waals surface area contributed by atoms with Gasteiger partial charge in [-0.3, -0.25) is 18.7 Å². The lowest BCUT2D eigenvalue weighted by atomic mass is 10.0. The molecular formula is C19H20N4O3. The second-order valence-corrected chi connectivity index (χ2v) is 6.71. The first-order chi connectivity index (χ1) is 12.2. The predicted molar refractivity (Wildman–Crippen MR) is 97.9 cm³/mol. The maximum absolute atomic E-state index is 12.7. The number of aliphatic hydroxyl groups is 1. The summed E-state index contributed by atoms with van der Waals surface area (Å²) in [6.07, 6.45) is 4.30. The highest BCUT2D eigenvalue weighted by molar-refractivity contribution is 5.46. The summed E-state index contributed by atoms with van der Waals surface area (Å²) in [6, 6.07) is 6.69. The molecule has 0 aliphatic rings. The van der Waals surface area contributed by atoms with Gasteiger partial charge in [0.2, 0.25) is 0 Å². The van der Waals surface area contributed by atoms with E-state index in [1.807, 2.05) is 19.9 Å². The molecule has 7 nitrogen and oxygen atoms in total. The van der Waals surface area contributed by atoms with Gasteiger partial charge in [-0.05, 0) is 39.3 Å². The minimum absolute atomic E-state index is 0.164. The fraction of sp³-hybridized carbons (Fsp3) is 0.263. The molecule has 134 valence electrons. The van der Waals surface area contributed by atoms with Crippen LogP contribution < -0.4 is 11.1 Å². The van der Waals surface area contributed by atoms with Crippen LogP contribution in [0.3, 0.4) is 0 Å². The molecule has 0 bridgehead atoms. The van der Waals surface area contributed by atoms with E-state index in [4.69, 9.17) is 0 Å². The van der Waals surface area contributed by atoms with E-state index >= 15 is 0 Å². The summed E-state index contributed by atoms with van der Waals surface area (Å²) in [4.78, 5) is 33.4. The summed E-state index contributed by atoms with van der Waals surface area (Å²) in [5.74, 6) is 0.323. The van der Waals surface area contributed by atoms with Gasteiger partial charge in [-0.25, -0.2) is 9.97 Å². The second-order valence-electron chi connectivity index (χ2n) is 6.71. The molecule has 0 atom stereocenters. The predicted octanol–water partition coefficient (Wildman–Crippen LogP) is 1.62. The molecule has 0 amide bonds. The van der Waals surface area contributed by atoms with E-state index in [0.717, 1.165) is 11.3 Å². The van der Waals surface area contributed by atoms with Crippen LogP contribution in [0.4, 0.5) is 0 Å². The third-order valence-electron chi connectivity index (χ3n) is 4.19. The average Bonchev–Trinajstić information content (AvgIpc) is 2.55. The van der Waals surface area contributed by atoms with E-state index in [-0.39, 0.29) is 11.1 Å². The Balaban J connectivity index is 2.25. The van der Waals surface area contributed by atoms with Crippen LogP contribution in [0.1, 0.15) is 30.7 Å². The van der Waals surface area contributed by atoms with Crippen molar-refractivity contribution in [1.29, 1.82) is 0 Å². The number of pyridine rings is 2. The van der Waals surface area contributed by atoms with Gasteiger partial charge in [0.25, 0.3) is 11.1 Å². The molecule has 26 heavy (non-hydrogen) atoms. The summed E-state index contributed by atoms with van der Waals surface area (Å²) in [7, 11) is 0. The fourth-order valence-corrected chi connectivity index (χ4v) is 2.77. The van der Waals surface area contributed by atoms with Gasteiger partial charge in [0, 0.05) is 30.2 Å². The van der Waals surface area contributed by atoms with Crippen molar-refractivity contribution >= 4 is 0 Å². The summed E-state index contributed by atoms with van der Waals surface area (Å²) < 4.78 is 2.83. The first-order valence-electron chi connectivity index (χ1n) is 8.16. The number of nitrogens with zero attached hydrogens (tertiary/aromatic N) is 4. The fourth-order valence-electron chi connectivity index (χ4n) is 2.77. The first-order valence-corrected chi connectivity index (χ1v) is 8.16. The monoisotopic (exact) mass is 352 g/mol. The Morgan fingerprint density at radius 2 is 1.85 bits per heavy atom. The number of hydrogen-bond donors (Lipinski definition) is 1. The maximum atomic E-state index is 12.7. The molecular weight excluding hydrogens is 332 g/mol. The zero-order valence-corrected chi connectivity index (χ0v) is 15.1. The molecule has 0 aliphatic carbocycles. The van der Waals surface area contributed by atoms with Crippen LogP contribution in [0.2, 0.25) is 0 Å². The molecule has 0 spiro atoms. The number of hydrogen-bond acceptors (Lipinski definition) is 5. The molecule has 0 radical (unpaired) electrons. The quantitative estimate of drug-likeness (QED) is 0.774. The van der Waals surface area contributed by atoms with E-state index < -0.39 is 11.2 Å². The van der Waals surface area contributed by atoms with Crippen molar-refractivity contribution in [3.63, 3.8) is 0 Å². The van der Waals surface area contributed by atoms with Crippen LogP contribution in [0.15, 0.2) is 52.6 Å². The summed E-state index contributed by atoms with van der Waals surface area (Å²) in [5.41, 5.74) is 0.468. The van der Waals surface area contributed by atoms with Crippen LogP contribution in [0.5, 0.6) is 0 Å². The summed E-state index contributed by atoms with van der Waals surface area (Å²) >= 11 is 0. The molecule has 0 fully saturated rings. The van der Waals surface area contributed by atoms with E-state index in [9.17, 15) is 14.7 Å². The first kappa shape index (κ1) is 17.8. The molecule has 0 saturated heterocycles. The summed E-state index contributed by atoms with van der Waals surface area (Å²) in [5, 5.41) is 10.2. The van der Waals surface area contributed by atoms with Gasteiger partial charge in [-0.15, -0.1) is 0 Å². The molecule has 1 N–H and O–H groups in total. The molecule has 0 unspecified atom stereocenters. The highest BCUT2D eigenvalue weighted by atomic mass is 16.3. The molecule has 3 aromatic rings. The SMILES string of the molecule is Cc1cnc(-n2cncc(C(C)(C)O)c2=O)cc1-n1c(C)cccc1=O. The Morgan fingerprint density at radius 1 is 1.12 bits per heavy atom. The van der Waals surface area contributed by atoms with Crippen molar-refractivity contribution in [2.24, 2.45) is 0 Å². The van der Waals surface area contributed by atoms with Crippen LogP contribution >= 0.6 is 0 Å². The van der Waals surface area contributed by atoms with Gasteiger partial charge in [-0.2, -0.15) is 0 Å². The number of aromatic nitrogens is 4. The Morgan fingerprint density at radius 3 is 2.50 bits per heavy atom. The molecule has 7 heteroatoms. The van der Waals surface area contributed by atoms with Crippen molar-refractivity contribution in [3.05, 3.63) is 80.5 Å². The Labute approximate surface area is 150 Å². The summed E-state index contributed by atoms with van der Waals surface area (Å²) in [6.45, 7) is 6.73. The normalized spacial score (nSPS) is 11.6. The topological polar surface area (TPSA) is 90.0 Å². The molecule has 3 aromatic heterocycles. The second kappa shape index (κ2) is 6.34. The third-order valence-corrected chi connectivity index (χ3v) is 4.19. The van der Waals surface area contributed by atoms with Crippen molar-refractivity contribution in [1.82, 2.24) is 19.1 Å². The van der Waals surface area contributed by atoms with E-state index in [2.05, 4.69) is 9.97 Å². The van der Waals surface area contributed by atoms with Crippen molar-refractivity contribution in [2.75, 3.05) is 0 Å². The largest absolute Gasteiger partial charge is 0.385 e. The Kier molecular flexibility index (Phi) is 4.33. The number of aryl methyl sites for hydroxylation is 2. The average molecular weight is 352 g/mol. The Bertz CT molecular complexity index is 1090. The molecule has 0 aliphatic heterocycles. The molecule has 3 heterocycles. The zero-order valence-electron chi connectivity index (χ0n) is 15.1. The maximum Gasteiger partial charge on any atom is 0.265 e. The van der Waals surface area contributed by atoms with E-state index in [0.29, 0.717) is 11.5 Å². The molecule has 0 saturated carbocycles. The lowest BCUT2D eigenvalue weighted by molar-refractivity contribution is 0.0763.